The van der Waals surface area contributed by atoms with Gasteiger partial charge in [-0.2, -0.15) is 5.10 Å². The van der Waals surface area contributed by atoms with E-state index in [9.17, 15) is 0 Å². The first kappa shape index (κ1) is 14.0. The van der Waals surface area contributed by atoms with E-state index in [1.807, 2.05) is 30.3 Å². The van der Waals surface area contributed by atoms with Crippen molar-refractivity contribution in [1.29, 1.82) is 0 Å². The summed E-state index contributed by atoms with van der Waals surface area (Å²) in [6.45, 7) is 2.50. The second kappa shape index (κ2) is 6.19. The van der Waals surface area contributed by atoms with Crippen molar-refractivity contribution in [3.63, 3.8) is 0 Å². The molecule has 5 nitrogen and oxygen atoms in total. The molecule has 3 rings (SSSR count). The van der Waals surface area contributed by atoms with Crippen LogP contribution in [0, 0.1) is 11.8 Å². The maximum Gasteiger partial charge on any atom is 0.178 e. The second-order valence-corrected chi connectivity index (χ2v) is 4.70. The van der Waals surface area contributed by atoms with Crippen LogP contribution in [-0.4, -0.2) is 21.7 Å². The standard InChI is InChI=1S/C17H16N4O/c1-3-4-14-12-19-17-16(9-10-20-21(14)17)18-11-13-5-7-15(22-2)8-6-13/h5-10,12,18H,11H2,1-2H3. The third-order valence-electron chi connectivity index (χ3n) is 3.30. The Morgan fingerprint density at radius 3 is 2.77 bits per heavy atom. The predicted molar refractivity (Wildman–Crippen MR) is 85.9 cm³/mol. The fourth-order valence-corrected chi connectivity index (χ4v) is 2.19. The molecule has 5 heteroatoms. The highest BCUT2D eigenvalue weighted by atomic mass is 16.5. The topological polar surface area (TPSA) is 51.5 Å². The van der Waals surface area contributed by atoms with E-state index in [4.69, 9.17) is 4.74 Å². The van der Waals surface area contributed by atoms with Gasteiger partial charge in [0, 0.05) is 6.54 Å². The predicted octanol–water partition coefficient (Wildman–Crippen LogP) is 2.72. The Kier molecular flexibility index (Phi) is 3.92. The monoisotopic (exact) mass is 292 g/mol. The van der Waals surface area contributed by atoms with Gasteiger partial charge in [0.05, 0.1) is 25.2 Å². The van der Waals surface area contributed by atoms with Crippen molar-refractivity contribution in [2.75, 3.05) is 12.4 Å². The van der Waals surface area contributed by atoms with E-state index in [-0.39, 0.29) is 0 Å². The first-order valence-corrected chi connectivity index (χ1v) is 6.94. The summed E-state index contributed by atoms with van der Waals surface area (Å²) in [4.78, 5) is 4.39. The molecule has 0 aliphatic rings. The van der Waals surface area contributed by atoms with Crippen molar-refractivity contribution in [1.82, 2.24) is 14.6 Å². The highest BCUT2D eigenvalue weighted by Gasteiger charge is 2.07. The Bertz CT molecular complexity index is 840. The average Bonchev–Trinajstić information content (AvgIpc) is 2.97. The molecule has 0 spiro atoms. The van der Waals surface area contributed by atoms with Gasteiger partial charge < -0.3 is 10.1 Å². The molecular weight excluding hydrogens is 276 g/mol. The number of aromatic nitrogens is 3. The Morgan fingerprint density at radius 1 is 1.23 bits per heavy atom. The molecule has 0 amide bonds. The van der Waals surface area contributed by atoms with E-state index in [0.717, 1.165) is 28.3 Å². The number of anilines is 1. The maximum absolute atomic E-state index is 5.16. The quantitative estimate of drug-likeness (QED) is 0.751. The minimum atomic E-state index is 0.700. The molecule has 2 aromatic heterocycles. The Hall–Kier alpha value is -3.00. The van der Waals surface area contributed by atoms with Gasteiger partial charge in [0.1, 0.15) is 11.4 Å². The zero-order valence-corrected chi connectivity index (χ0v) is 12.5. The van der Waals surface area contributed by atoms with E-state index in [0.29, 0.717) is 6.54 Å². The summed E-state index contributed by atoms with van der Waals surface area (Å²) in [7, 11) is 1.66. The van der Waals surface area contributed by atoms with Gasteiger partial charge in [-0.15, -0.1) is 0 Å². The van der Waals surface area contributed by atoms with Gasteiger partial charge >= 0.3 is 0 Å². The van der Waals surface area contributed by atoms with Crippen molar-refractivity contribution >= 4 is 11.3 Å². The molecule has 1 N–H and O–H groups in total. The van der Waals surface area contributed by atoms with Gasteiger partial charge in [0.15, 0.2) is 5.65 Å². The van der Waals surface area contributed by atoms with E-state index in [2.05, 4.69) is 27.2 Å². The van der Waals surface area contributed by atoms with Gasteiger partial charge in [-0.05, 0) is 36.6 Å². The molecule has 0 radical (unpaired) electrons. The lowest BCUT2D eigenvalue weighted by molar-refractivity contribution is 0.414. The Balaban J connectivity index is 1.82. The van der Waals surface area contributed by atoms with Crippen LogP contribution in [0.25, 0.3) is 5.65 Å². The molecule has 0 fully saturated rings. The molecule has 3 aromatic rings. The van der Waals surface area contributed by atoms with Crippen LogP contribution in [0.15, 0.2) is 42.7 Å². The lowest BCUT2D eigenvalue weighted by Gasteiger charge is -2.08. The minimum absolute atomic E-state index is 0.700. The molecule has 0 aliphatic heterocycles. The minimum Gasteiger partial charge on any atom is -0.497 e. The van der Waals surface area contributed by atoms with Crippen LogP contribution in [0.5, 0.6) is 5.75 Å². The van der Waals surface area contributed by atoms with Crippen LogP contribution in [-0.2, 0) is 6.54 Å². The number of nitrogens with one attached hydrogen (secondary N) is 1. The van der Waals surface area contributed by atoms with E-state index in [1.54, 1.807) is 30.9 Å². The summed E-state index contributed by atoms with van der Waals surface area (Å²) in [6.07, 6.45) is 3.48. The van der Waals surface area contributed by atoms with Crippen molar-refractivity contribution < 1.29 is 4.74 Å². The molecule has 0 aliphatic carbocycles. The molecule has 0 saturated heterocycles. The molecule has 0 unspecified atom stereocenters. The average molecular weight is 292 g/mol. The third-order valence-corrected chi connectivity index (χ3v) is 3.30. The van der Waals surface area contributed by atoms with Crippen LogP contribution >= 0.6 is 0 Å². The zero-order chi connectivity index (χ0) is 15.4. The van der Waals surface area contributed by atoms with Crippen molar-refractivity contribution in [3.8, 4) is 17.6 Å². The Morgan fingerprint density at radius 2 is 2.05 bits per heavy atom. The largest absolute Gasteiger partial charge is 0.497 e. The molecule has 2 heterocycles. The molecule has 0 saturated carbocycles. The summed E-state index contributed by atoms with van der Waals surface area (Å²) in [5.41, 5.74) is 3.64. The number of nitrogens with zero attached hydrogens (tertiary/aromatic N) is 3. The van der Waals surface area contributed by atoms with Gasteiger partial charge in [-0.25, -0.2) is 9.50 Å². The molecule has 0 bridgehead atoms. The van der Waals surface area contributed by atoms with Gasteiger partial charge in [-0.1, -0.05) is 18.1 Å². The number of ether oxygens (including phenoxy) is 1. The summed E-state index contributed by atoms with van der Waals surface area (Å²) in [6, 6.07) is 9.87. The highest BCUT2D eigenvalue weighted by Crippen LogP contribution is 2.17. The first-order valence-electron chi connectivity index (χ1n) is 6.94. The number of rotatable bonds is 4. The van der Waals surface area contributed by atoms with Crippen LogP contribution in [0.3, 0.4) is 0 Å². The summed E-state index contributed by atoms with van der Waals surface area (Å²) in [5.74, 6) is 6.71. The van der Waals surface area contributed by atoms with E-state index in [1.165, 1.54) is 0 Å². The number of hydrogen-bond donors (Lipinski definition) is 1. The third kappa shape index (κ3) is 2.72. The van der Waals surface area contributed by atoms with Gasteiger partial charge in [0.2, 0.25) is 0 Å². The molecular formula is C17H16N4O. The second-order valence-electron chi connectivity index (χ2n) is 4.70. The van der Waals surface area contributed by atoms with Crippen molar-refractivity contribution in [2.24, 2.45) is 0 Å². The molecule has 110 valence electrons. The lowest BCUT2D eigenvalue weighted by Crippen LogP contribution is -2.03. The smallest absolute Gasteiger partial charge is 0.178 e. The first-order chi connectivity index (χ1) is 10.8. The van der Waals surface area contributed by atoms with Gasteiger partial charge in [0.25, 0.3) is 0 Å². The van der Waals surface area contributed by atoms with Crippen LogP contribution in [0.1, 0.15) is 18.2 Å². The summed E-state index contributed by atoms with van der Waals surface area (Å²) in [5, 5.41) is 7.68. The van der Waals surface area contributed by atoms with E-state index >= 15 is 0 Å². The SMILES string of the molecule is CC#Cc1cnc2c(NCc3ccc(OC)cc3)ccnn12. The fraction of sp³-hybridized carbons (Fsp3) is 0.176. The number of fused-ring (bicyclic) bond motifs is 1. The zero-order valence-electron chi connectivity index (χ0n) is 12.5. The lowest BCUT2D eigenvalue weighted by atomic mass is 10.2. The fourth-order valence-electron chi connectivity index (χ4n) is 2.19. The number of methoxy groups -OCH3 is 1. The molecule has 22 heavy (non-hydrogen) atoms. The van der Waals surface area contributed by atoms with Crippen molar-refractivity contribution in [3.05, 3.63) is 54.0 Å². The normalized spacial score (nSPS) is 10.1. The number of benzene rings is 1. The molecule has 0 atom stereocenters. The maximum atomic E-state index is 5.16. The molecule has 1 aromatic carbocycles. The van der Waals surface area contributed by atoms with Crippen molar-refractivity contribution in [2.45, 2.75) is 13.5 Å². The highest BCUT2D eigenvalue weighted by molar-refractivity contribution is 5.67. The van der Waals surface area contributed by atoms with Gasteiger partial charge in [-0.3, -0.25) is 0 Å². The Labute approximate surface area is 129 Å². The summed E-state index contributed by atoms with van der Waals surface area (Å²) >= 11 is 0. The van der Waals surface area contributed by atoms with E-state index < -0.39 is 0 Å². The van der Waals surface area contributed by atoms with Crippen LogP contribution in [0.4, 0.5) is 5.69 Å². The number of hydrogen-bond acceptors (Lipinski definition) is 4. The number of imidazole rings is 1. The van der Waals surface area contributed by atoms with Crippen LogP contribution < -0.4 is 10.1 Å². The van der Waals surface area contributed by atoms with Crippen LogP contribution in [0.2, 0.25) is 0 Å². The summed E-state index contributed by atoms with van der Waals surface area (Å²) < 4.78 is 6.90.